The van der Waals surface area contributed by atoms with Gasteiger partial charge in [-0.15, -0.1) is 0 Å². The monoisotopic (exact) mass is 283 g/mol. The van der Waals surface area contributed by atoms with Crippen LogP contribution in [-0.2, 0) is 18.3 Å². The SMILES string of the molecule is CCOC(=O)c1cnn(C)c1CNCCCCCCO. The molecule has 114 valence electrons. The van der Waals surface area contributed by atoms with Gasteiger partial charge in [0.05, 0.1) is 18.5 Å². The molecule has 1 heterocycles. The second kappa shape index (κ2) is 9.50. The lowest BCUT2D eigenvalue weighted by Gasteiger charge is -2.08. The Morgan fingerprint density at radius 2 is 2.15 bits per heavy atom. The van der Waals surface area contributed by atoms with Crippen molar-refractivity contribution in [2.24, 2.45) is 7.05 Å². The molecule has 0 bridgehead atoms. The molecule has 0 fully saturated rings. The summed E-state index contributed by atoms with van der Waals surface area (Å²) in [4.78, 5) is 11.8. The zero-order valence-electron chi connectivity index (χ0n) is 12.4. The highest BCUT2D eigenvalue weighted by molar-refractivity contribution is 5.90. The van der Waals surface area contributed by atoms with Crippen molar-refractivity contribution in [2.45, 2.75) is 39.2 Å². The standard InChI is InChI=1S/C14H25N3O3/c1-3-20-14(19)12-10-16-17(2)13(12)11-15-8-6-4-5-7-9-18/h10,15,18H,3-9,11H2,1-2H3. The molecular weight excluding hydrogens is 258 g/mol. The van der Waals surface area contributed by atoms with E-state index in [0.29, 0.717) is 18.7 Å². The molecule has 6 heteroatoms. The molecule has 0 atom stereocenters. The van der Waals surface area contributed by atoms with Crippen LogP contribution in [0, 0.1) is 0 Å². The second-order valence-electron chi connectivity index (χ2n) is 4.66. The number of aromatic nitrogens is 2. The van der Waals surface area contributed by atoms with Gasteiger partial charge in [-0.2, -0.15) is 5.10 Å². The van der Waals surface area contributed by atoms with Gasteiger partial charge in [0.2, 0.25) is 0 Å². The van der Waals surface area contributed by atoms with E-state index >= 15 is 0 Å². The minimum atomic E-state index is -0.319. The van der Waals surface area contributed by atoms with Gasteiger partial charge in [0, 0.05) is 20.2 Å². The Labute approximate surface area is 120 Å². The maximum absolute atomic E-state index is 11.8. The largest absolute Gasteiger partial charge is 0.462 e. The number of esters is 1. The first kappa shape index (κ1) is 16.7. The molecule has 0 saturated heterocycles. The third-order valence-electron chi connectivity index (χ3n) is 3.11. The summed E-state index contributed by atoms with van der Waals surface area (Å²) in [6.45, 7) is 3.92. The molecule has 1 aromatic heterocycles. The van der Waals surface area contributed by atoms with Crippen molar-refractivity contribution in [1.82, 2.24) is 15.1 Å². The van der Waals surface area contributed by atoms with Gasteiger partial charge in [0.25, 0.3) is 0 Å². The first-order valence-corrected chi connectivity index (χ1v) is 7.20. The van der Waals surface area contributed by atoms with Crippen LogP contribution in [0.5, 0.6) is 0 Å². The summed E-state index contributed by atoms with van der Waals surface area (Å²) in [6, 6.07) is 0. The second-order valence-corrected chi connectivity index (χ2v) is 4.66. The summed E-state index contributed by atoms with van der Waals surface area (Å²) in [6.07, 6.45) is 5.64. The van der Waals surface area contributed by atoms with Gasteiger partial charge >= 0.3 is 5.97 Å². The van der Waals surface area contributed by atoms with Gasteiger partial charge < -0.3 is 15.2 Å². The highest BCUT2D eigenvalue weighted by Crippen LogP contribution is 2.09. The molecule has 0 aliphatic heterocycles. The molecule has 1 aromatic rings. The molecule has 0 saturated carbocycles. The lowest BCUT2D eigenvalue weighted by molar-refractivity contribution is 0.0524. The molecule has 0 spiro atoms. The average Bonchev–Trinajstić information content (AvgIpc) is 2.79. The van der Waals surface area contributed by atoms with E-state index in [0.717, 1.165) is 37.9 Å². The van der Waals surface area contributed by atoms with E-state index in [1.165, 1.54) is 0 Å². The number of hydrogen-bond acceptors (Lipinski definition) is 5. The molecule has 1 rings (SSSR count). The smallest absolute Gasteiger partial charge is 0.341 e. The predicted molar refractivity (Wildman–Crippen MR) is 76.4 cm³/mol. The van der Waals surface area contributed by atoms with Crippen LogP contribution in [0.25, 0.3) is 0 Å². The molecule has 2 N–H and O–H groups in total. The Balaban J connectivity index is 2.36. The van der Waals surface area contributed by atoms with E-state index < -0.39 is 0 Å². The Kier molecular flexibility index (Phi) is 7.91. The van der Waals surface area contributed by atoms with Crippen LogP contribution < -0.4 is 5.32 Å². The van der Waals surface area contributed by atoms with Crippen LogP contribution in [0.2, 0.25) is 0 Å². The third kappa shape index (κ3) is 5.30. The molecule has 0 aliphatic rings. The van der Waals surface area contributed by atoms with E-state index in [2.05, 4.69) is 10.4 Å². The van der Waals surface area contributed by atoms with Crippen molar-refractivity contribution in [3.05, 3.63) is 17.5 Å². The molecule has 6 nitrogen and oxygen atoms in total. The van der Waals surface area contributed by atoms with Gasteiger partial charge in [-0.05, 0) is 26.3 Å². The lowest BCUT2D eigenvalue weighted by atomic mass is 10.2. The fourth-order valence-electron chi connectivity index (χ4n) is 1.97. The van der Waals surface area contributed by atoms with Gasteiger partial charge in [0.15, 0.2) is 0 Å². The topological polar surface area (TPSA) is 76.4 Å². The van der Waals surface area contributed by atoms with Gasteiger partial charge in [0.1, 0.15) is 5.56 Å². The number of aliphatic hydroxyl groups excluding tert-OH is 1. The first-order chi connectivity index (χ1) is 9.70. The van der Waals surface area contributed by atoms with Crippen LogP contribution in [0.1, 0.15) is 48.7 Å². The number of nitrogens with zero attached hydrogens (tertiary/aromatic N) is 2. The predicted octanol–water partition coefficient (Wildman–Crippen LogP) is 1.24. The summed E-state index contributed by atoms with van der Waals surface area (Å²) >= 11 is 0. The zero-order chi connectivity index (χ0) is 14.8. The fraction of sp³-hybridized carbons (Fsp3) is 0.714. The summed E-state index contributed by atoms with van der Waals surface area (Å²) < 4.78 is 6.71. The minimum Gasteiger partial charge on any atom is -0.462 e. The minimum absolute atomic E-state index is 0.269. The van der Waals surface area contributed by atoms with Crippen LogP contribution in [-0.4, -0.2) is 40.6 Å². The number of carbonyl (C=O) groups is 1. The van der Waals surface area contributed by atoms with E-state index in [-0.39, 0.29) is 12.6 Å². The third-order valence-corrected chi connectivity index (χ3v) is 3.11. The Morgan fingerprint density at radius 3 is 2.85 bits per heavy atom. The normalized spacial score (nSPS) is 10.8. The highest BCUT2D eigenvalue weighted by atomic mass is 16.5. The molecule has 0 radical (unpaired) electrons. The van der Waals surface area contributed by atoms with Crippen LogP contribution in [0.3, 0.4) is 0 Å². The molecule has 0 amide bonds. The summed E-state index contributed by atoms with van der Waals surface area (Å²) in [5.74, 6) is -0.319. The average molecular weight is 283 g/mol. The van der Waals surface area contributed by atoms with Gasteiger partial charge in [-0.3, -0.25) is 4.68 Å². The molecule has 0 aromatic carbocycles. The van der Waals surface area contributed by atoms with E-state index in [1.54, 1.807) is 17.8 Å². The van der Waals surface area contributed by atoms with E-state index in [9.17, 15) is 4.79 Å². The van der Waals surface area contributed by atoms with Crippen molar-refractivity contribution in [3.63, 3.8) is 0 Å². The van der Waals surface area contributed by atoms with Crippen LogP contribution >= 0.6 is 0 Å². The molecular formula is C14H25N3O3. The number of aliphatic hydroxyl groups is 1. The van der Waals surface area contributed by atoms with Crippen molar-refractivity contribution in [1.29, 1.82) is 0 Å². The number of carbonyl (C=O) groups excluding carboxylic acids is 1. The summed E-state index contributed by atoms with van der Waals surface area (Å²) in [5, 5.41) is 16.1. The van der Waals surface area contributed by atoms with Crippen molar-refractivity contribution in [3.8, 4) is 0 Å². The maximum atomic E-state index is 11.8. The molecule has 0 aliphatic carbocycles. The fourth-order valence-corrected chi connectivity index (χ4v) is 1.97. The van der Waals surface area contributed by atoms with Gasteiger partial charge in [-0.1, -0.05) is 12.8 Å². The molecule has 20 heavy (non-hydrogen) atoms. The maximum Gasteiger partial charge on any atom is 0.341 e. The Morgan fingerprint density at radius 1 is 1.40 bits per heavy atom. The summed E-state index contributed by atoms with van der Waals surface area (Å²) in [5.41, 5.74) is 1.38. The quantitative estimate of drug-likeness (QED) is 0.499. The molecule has 0 unspecified atom stereocenters. The first-order valence-electron chi connectivity index (χ1n) is 7.20. The van der Waals surface area contributed by atoms with Crippen molar-refractivity contribution in [2.75, 3.05) is 19.8 Å². The van der Waals surface area contributed by atoms with Crippen molar-refractivity contribution < 1.29 is 14.6 Å². The number of unbranched alkanes of at least 4 members (excludes halogenated alkanes) is 3. The number of ether oxygens (including phenoxy) is 1. The van der Waals surface area contributed by atoms with Crippen molar-refractivity contribution >= 4 is 5.97 Å². The number of aryl methyl sites for hydroxylation is 1. The number of rotatable bonds is 10. The van der Waals surface area contributed by atoms with E-state index in [1.807, 2.05) is 7.05 Å². The van der Waals surface area contributed by atoms with E-state index in [4.69, 9.17) is 9.84 Å². The number of nitrogens with one attached hydrogen (secondary N) is 1. The van der Waals surface area contributed by atoms with Crippen LogP contribution in [0.4, 0.5) is 0 Å². The lowest BCUT2D eigenvalue weighted by Crippen LogP contribution is -2.19. The summed E-state index contributed by atoms with van der Waals surface area (Å²) in [7, 11) is 1.82. The Bertz CT molecular complexity index is 404. The number of hydrogen-bond donors (Lipinski definition) is 2. The highest BCUT2D eigenvalue weighted by Gasteiger charge is 2.16. The van der Waals surface area contributed by atoms with Gasteiger partial charge in [-0.25, -0.2) is 4.79 Å². The van der Waals surface area contributed by atoms with Crippen LogP contribution in [0.15, 0.2) is 6.20 Å². The zero-order valence-corrected chi connectivity index (χ0v) is 12.4. The Hall–Kier alpha value is -1.40.